The van der Waals surface area contributed by atoms with Crippen LogP contribution in [0.15, 0.2) is 44.2 Å². The molecule has 0 saturated carbocycles. The zero-order valence-electron chi connectivity index (χ0n) is 15.2. The van der Waals surface area contributed by atoms with Gasteiger partial charge in [-0.05, 0) is 0 Å². The zero-order chi connectivity index (χ0) is 15.4. The molecule has 0 aromatic rings. The summed E-state index contributed by atoms with van der Waals surface area (Å²) in [6, 6.07) is 0. The molecule has 2 rings (SSSR count). The van der Waals surface area contributed by atoms with Crippen molar-refractivity contribution in [3.63, 3.8) is 0 Å². The van der Waals surface area contributed by atoms with Gasteiger partial charge in [0, 0.05) is 0 Å². The minimum absolute atomic E-state index is 0. The number of halogens is 2. The minimum Gasteiger partial charge on any atom is -0.147 e. The molecule has 129 valence electrons. The molecule has 2 aliphatic rings. The molecule has 0 heterocycles. The summed E-state index contributed by atoms with van der Waals surface area (Å²) in [6.45, 7) is 6.88. The maximum Gasteiger partial charge on any atom is -0.147 e. The average Bonchev–Trinajstić information content (AvgIpc) is 2.88. The zero-order valence-corrected chi connectivity index (χ0v) is 18.4. The van der Waals surface area contributed by atoms with E-state index in [2.05, 4.69) is 81.9 Å². The Morgan fingerprint density at radius 3 is 1.41 bits per heavy atom. The summed E-state index contributed by atoms with van der Waals surface area (Å²) in [7, 11) is 0. The Kier molecular flexibility index (Phi) is 4.91. The predicted octanol–water partition coefficient (Wildman–Crippen LogP) is 6.77. The van der Waals surface area contributed by atoms with Gasteiger partial charge in [-0.25, -0.2) is 0 Å². The van der Waals surface area contributed by atoms with Gasteiger partial charge in [-0.1, -0.05) is 0 Å². The SMILES string of the molecule is CC(C)(C)[NH][Ti]([CH3])([CH3])([CH3])([CH3])([C]1=CC=CC1)[C]1=CC=CC1.Cl.Cl. The van der Waals surface area contributed by atoms with Crippen molar-refractivity contribution in [2.24, 2.45) is 0 Å². The molecule has 1 nitrogen and oxygen atoms in total. The van der Waals surface area contributed by atoms with Crippen LogP contribution in [0.5, 0.6) is 0 Å². The van der Waals surface area contributed by atoms with E-state index in [9.17, 15) is 0 Å². The maximum absolute atomic E-state index is 4.21. The van der Waals surface area contributed by atoms with Crippen molar-refractivity contribution in [1.82, 2.24) is 3.80 Å². The van der Waals surface area contributed by atoms with Gasteiger partial charge < -0.3 is 0 Å². The van der Waals surface area contributed by atoms with E-state index in [1.807, 2.05) is 0 Å². The van der Waals surface area contributed by atoms with Crippen LogP contribution >= 0.6 is 24.8 Å². The van der Waals surface area contributed by atoms with E-state index in [1.165, 1.54) is 0 Å². The van der Waals surface area contributed by atoms with Gasteiger partial charge in [-0.2, -0.15) is 0 Å². The van der Waals surface area contributed by atoms with Crippen molar-refractivity contribution in [2.45, 2.75) is 60.1 Å². The molecule has 0 aliphatic heterocycles. The molecule has 0 atom stereocenters. The first-order valence-electron chi connectivity index (χ1n) is 7.93. The Morgan fingerprint density at radius 2 is 1.18 bits per heavy atom. The molecule has 0 spiro atoms. The number of allylic oxidation sites excluding steroid dienone is 8. The fourth-order valence-corrected chi connectivity index (χ4v) is 18.5. The molecular weight excluding hydrogens is 349 g/mol. The summed E-state index contributed by atoms with van der Waals surface area (Å²) in [5, 5.41) is 10.2. The maximum atomic E-state index is 4.21. The molecule has 0 bridgehead atoms. The summed E-state index contributed by atoms with van der Waals surface area (Å²) in [4.78, 5) is 0. The topological polar surface area (TPSA) is 12.0 Å². The summed E-state index contributed by atoms with van der Waals surface area (Å²) in [6.07, 6.45) is 15.9. The Hall–Kier alpha value is 0.214. The van der Waals surface area contributed by atoms with Gasteiger partial charge in [0.2, 0.25) is 0 Å². The predicted molar refractivity (Wildman–Crippen MR) is 105 cm³/mol. The Balaban J connectivity index is 0.00000220. The molecule has 22 heavy (non-hydrogen) atoms. The summed E-state index contributed by atoms with van der Waals surface area (Å²) >= 11 is -4.18. The largest absolute Gasteiger partial charge is 0.147 e. The van der Waals surface area contributed by atoms with Crippen LogP contribution < -0.4 is 3.80 Å². The van der Waals surface area contributed by atoms with E-state index in [0.717, 1.165) is 12.8 Å². The molecule has 0 radical (unpaired) electrons. The standard InChI is InChI=1S/2C5H5.C4H10N.4CH3.2ClH.Ti/c2*1-2-4-5-3-1;1-4(2,3)5;;;;;;;/h2*1-3H,4H2;5H,1-3H3;4*1H3;2*1H;/q;;-1;;;;;;;+1. The monoisotopic (exact) mass is 382 g/mol. The van der Waals surface area contributed by atoms with Gasteiger partial charge in [0.1, 0.15) is 0 Å². The van der Waals surface area contributed by atoms with E-state index in [4.69, 9.17) is 0 Å². The molecule has 0 amide bonds. The van der Waals surface area contributed by atoms with Crippen molar-refractivity contribution < 1.29 is 13.0 Å². The van der Waals surface area contributed by atoms with Crippen LogP contribution in [0.4, 0.5) is 0 Å². The molecule has 0 aromatic heterocycles. The smallest absolute Gasteiger partial charge is 0.147 e. The molecule has 1 N–H and O–H groups in total. The summed E-state index contributed by atoms with van der Waals surface area (Å²) < 4.78 is 7.42. The van der Waals surface area contributed by atoms with Crippen molar-refractivity contribution in [3.8, 4) is 0 Å². The van der Waals surface area contributed by atoms with Gasteiger partial charge in [0.15, 0.2) is 0 Å². The Morgan fingerprint density at radius 1 is 0.818 bits per heavy atom. The molecule has 2 aliphatic carbocycles. The van der Waals surface area contributed by atoms with Crippen LogP contribution in [0.3, 0.4) is 0 Å². The van der Waals surface area contributed by atoms with Crippen LogP contribution in [0.2, 0.25) is 20.9 Å². The summed E-state index contributed by atoms with van der Waals surface area (Å²) in [5.74, 6) is 0. The molecule has 0 saturated heterocycles. The van der Waals surface area contributed by atoms with Gasteiger partial charge in [-0.3, -0.25) is 0 Å². The molecule has 0 aromatic carbocycles. The third kappa shape index (κ3) is 3.35. The second kappa shape index (κ2) is 4.86. The number of hydrogen-bond donors (Lipinski definition) is 1. The fraction of sp³-hybridized carbons (Fsp3) is 0.556. The van der Waals surface area contributed by atoms with E-state index < -0.39 is 13.0 Å². The van der Waals surface area contributed by atoms with Gasteiger partial charge >= 0.3 is 121 Å². The van der Waals surface area contributed by atoms with Crippen LogP contribution in [-0.4, -0.2) is 5.54 Å². The van der Waals surface area contributed by atoms with Crippen molar-refractivity contribution in [3.05, 3.63) is 44.2 Å². The van der Waals surface area contributed by atoms with Crippen molar-refractivity contribution in [2.75, 3.05) is 0 Å². The molecular formula is C18H34Cl2NTi. The number of rotatable bonds is 3. The van der Waals surface area contributed by atoms with Crippen LogP contribution in [0.25, 0.3) is 0 Å². The van der Waals surface area contributed by atoms with Gasteiger partial charge in [-0.15, -0.1) is 24.8 Å². The first kappa shape index (κ1) is 22.2. The third-order valence-corrected chi connectivity index (χ3v) is 20.1. The third-order valence-electron chi connectivity index (χ3n) is 5.75. The summed E-state index contributed by atoms with van der Waals surface area (Å²) in [5.41, 5.74) is 0.0792. The molecule has 0 fully saturated rings. The molecule has 4 heteroatoms. The second-order valence-corrected chi connectivity index (χ2v) is 33.7. The fourth-order valence-electron chi connectivity index (χ4n) is 4.99. The first-order valence-corrected chi connectivity index (χ1v) is 16.5. The van der Waals surface area contributed by atoms with Gasteiger partial charge in [0.05, 0.1) is 0 Å². The van der Waals surface area contributed by atoms with Crippen LogP contribution in [-0.2, 0) is 13.0 Å². The van der Waals surface area contributed by atoms with Crippen LogP contribution in [0.1, 0.15) is 33.6 Å². The second-order valence-electron chi connectivity index (χ2n) is 11.4. The van der Waals surface area contributed by atoms with E-state index in [-0.39, 0.29) is 30.4 Å². The Bertz CT molecular complexity index is 564. The number of nitrogens with one attached hydrogen (secondary N) is 1. The first-order chi connectivity index (χ1) is 8.70. The van der Waals surface area contributed by atoms with Gasteiger partial charge in [0.25, 0.3) is 0 Å². The Labute approximate surface area is 145 Å². The van der Waals surface area contributed by atoms with E-state index in [1.54, 1.807) is 7.76 Å². The minimum atomic E-state index is -4.18. The van der Waals surface area contributed by atoms with Crippen LogP contribution in [0, 0.1) is 0 Å². The van der Waals surface area contributed by atoms with Crippen molar-refractivity contribution in [1.29, 1.82) is 0 Å². The number of hydrogen-bond acceptors (Lipinski definition) is 1. The van der Waals surface area contributed by atoms with Crippen molar-refractivity contribution >= 4 is 24.8 Å². The van der Waals surface area contributed by atoms with E-state index >= 15 is 0 Å². The molecule has 0 unspecified atom stereocenters. The average molecular weight is 383 g/mol. The normalized spacial score (nSPS) is 22.4. The quantitative estimate of drug-likeness (QED) is 0.530. The van der Waals surface area contributed by atoms with E-state index in [0.29, 0.717) is 0 Å².